The number of ether oxygens (including phenoxy) is 1. The first kappa shape index (κ1) is 26.0. The van der Waals surface area contributed by atoms with E-state index in [2.05, 4.69) is 43.1 Å². The lowest BCUT2D eigenvalue weighted by Crippen LogP contribution is -2.24. The molecule has 3 unspecified atom stereocenters. The van der Waals surface area contributed by atoms with Gasteiger partial charge in [-0.1, -0.05) is 62.7 Å². The SMILES string of the molecule is CCCCOC1C[C@H](CCSc2nccs2)[C@@H](CCc2ccc(C(O)CCC)cc2)C1Cl. The molecule has 5 atom stereocenters. The third-order valence-electron chi connectivity index (χ3n) is 6.55. The standard InChI is InChI=1S/C26H38ClNO2S2/c1-3-5-15-30-24-18-21(13-16-31-26-28-14-17-32-26)22(25(24)27)12-9-19-7-10-20(11-8-19)23(29)6-4-2/h7-8,10-11,14,17,21-25,29H,3-6,9,12-13,15-16,18H2,1-2H3/t21-,22+,23?,24?,25?/m0/s1. The second kappa shape index (κ2) is 14.0. The van der Waals surface area contributed by atoms with E-state index < -0.39 is 0 Å². The van der Waals surface area contributed by atoms with E-state index in [0.717, 1.165) is 73.6 Å². The Balaban J connectivity index is 1.56. The summed E-state index contributed by atoms with van der Waals surface area (Å²) in [5.41, 5.74) is 2.35. The van der Waals surface area contributed by atoms with Gasteiger partial charge in [0.1, 0.15) is 4.34 Å². The molecule has 2 aromatic rings. The maximum Gasteiger partial charge on any atom is 0.149 e. The quantitative estimate of drug-likeness (QED) is 0.167. The Labute approximate surface area is 207 Å². The van der Waals surface area contributed by atoms with Gasteiger partial charge in [0.2, 0.25) is 0 Å². The fourth-order valence-electron chi connectivity index (χ4n) is 4.66. The second-order valence-corrected chi connectivity index (χ2v) is 11.6. The van der Waals surface area contributed by atoms with Crippen LogP contribution < -0.4 is 0 Å². The van der Waals surface area contributed by atoms with Gasteiger partial charge in [-0.25, -0.2) is 4.98 Å². The van der Waals surface area contributed by atoms with Crippen LogP contribution in [0.15, 0.2) is 40.2 Å². The number of aliphatic hydroxyl groups excluding tert-OH is 1. The number of halogens is 1. The fraction of sp³-hybridized carbons (Fsp3) is 0.654. The predicted octanol–water partition coefficient (Wildman–Crippen LogP) is 7.52. The van der Waals surface area contributed by atoms with E-state index in [1.54, 1.807) is 11.3 Å². The molecule has 0 bridgehead atoms. The molecule has 3 rings (SSSR count). The van der Waals surface area contributed by atoms with Crippen LogP contribution in [0.25, 0.3) is 0 Å². The molecule has 1 aliphatic rings. The van der Waals surface area contributed by atoms with Crippen LogP contribution in [-0.2, 0) is 11.2 Å². The lowest BCUT2D eigenvalue weighted by Gasteiger charge is -2.22. The maximum absolute atomic E-state index is 10.2. The molecule has 1 aliphatic carbocycles. The minimum Gasteiger partial charge on any atom is -0.388 e. The Kier molecular flexibility index (Phi) is 11.4. The molecule has 1 aromatic heterocycles. The van der Waals surface area contributed by atoms with Crippen LogP contribution >= 0.6 is 34.7 Å². The molecule has 1 N–H and O–H groups in total. The van der Waals surface area contributed by atoms with Gasteiger partial charge in [-0.2, -0.15) is 0 Å². The Bertz CT molecular complexity index is 756. The van der Waals surface area contributed by atoms with Crippen molar-refractivity contribution in [3.8, 4) is 0 Å². The molecule has 3 nitrogen and oxygen atoms in total. The molecule has 0 saturated heterocycles. The number of thiazole rings is 1. The smallest absolute Gasteiger partial charge is 0.149 e. The molecule has 0 radical (unpaired) electrons. The molecule has 32 heavy (non-hydrogen) atoms. The molecule has 0 aliphatic heterocycles. The van der Waals surface area contributed by atoms with Crippen LogP contribution in [0.2, 0.25) is 0 Å². The molecule has 0 spiro atoms. The number of aliphatic hydroxyl groups is 1. The minimum absolute atomic E-state index is 0.0902. The van der Waals surface area contributed by atoms with Crippen molar-refractivity contribution in [1.29, 1.82) is 0 Å². The Morgan fingerprint density at radius 3 is 2.72 bits per heavy atom. The van der Waals surface area contributed by atoms with Crippen molar-refractivity contribution in [1.82, 2.24) is 4.98 Å². The monoisotopic (exact) mass is 495 g/mol. The van der Waals surface area contributed by atoms with Crippen molar-refractivity contribution in [3.05, 3.63) is 47.0 Å². The van der Waals surface area contributed by atoms with Crippen molar-refractivity contribution >= 4 is 34.7 Å². The molecule has 0 amide bonds. The van der Waals surface area contributed by atoms with Gasteiger partial charge in [0.25, 0.3) is 0 Å². The number of benzene rings is 1. The van der Waals surface area contributed by atoms with Crippen LogP contribution in [0.3, 0.4) is 0 Å². The summed E-state index contributed by atoms with van der Waals surface area (Å²) in [7, 11) is 0. The van der Waals surface area contributed by atoms with Gasteiger partial charge < -0.3 is 9.84 Å². The number of aryl methyl sites for hydroxylation is 1. The lowest BCUT2D eigenvalue weighted by molar-refractivity contribution is 0.0541. The van der Waals surface area contributed by atoms with Gasteiger partial charge in [0.15, 0.2) is 0 Å². The van der Waals surface area contributed by atoms with Crippen LogP contribution in [0.4, 0.5) is 0 Å². The first-order valence-corrected chi connectivity index (χ1v) is 14.5. The molecule has 1 saturated carbocycles. The molecular weight excluding hydrogens is 458 g/mol. The van der Waals surface area contributed by atoms with Crippen LogP contribution in [0.1, 0.15) is 76.0 Å². The highest BCUT2D eigenvalue weighted by Crippen LogP contribution is 2.43. The van der Waals surface area contributed by atoms with E-state index in [9.17, 15) is 5.11 Å². The topological polar surface area (TPSA) is 42.4 Å². The van der Waals surface area contributed by atoms with Crippen LogP contribution in [0.5, 0.6) is 0 Å². The van der Waals surface area contributed by atoms with Crippen LogP contribution in [0, 0.1) is 11.8 Å². The number of thioether (sulfide) groups is 1. The van der Waals surface area contributed by atoms with E-state index in [1.807, 2.05) is 23.3 Å². The zero-order chi connectivity index (χ0) is 22.8. The highest BCUT2D eigenvalue weighted by atomic mass is 35.5. The highest BCUT2D eigenvalue weighted by molar-refractivity contribution is 8.00. The minimum atomic E-state index is -0.350. The molecule has 6 heteroatoms. The zero-order valence-corrected chi connectivity index (χ0v) is 21.8. The summed E-state index contributed by atoms with van der Waals surface area (Å²) in [5.74, 6) is 2.16. The van der Waals surface area contributed by atoms with Crippen molar-refractivity contribution in [2.45, 2.75) is 87.1 Å². The van der Waals surface area contributed by atoms with Crippen molar-refractivity contribution in [2.75, 3.05) is 12.4 Å². The Hall–Kier alpha value is -0.590. The van der Waals surface area contributed by atoms with Gasteiger partial charge >= 0.3 is 0 Å². The number of hydrogen-bond acceptors (Lipinski definition) is 5. The van der Waals surface area contributed by atoms with Crippen LogP contribution in [-0.4, -0.2) is 33.9 Å². The van der Waals surface area contributed by atoms with Gasteiger partial charge in [-0.15, -0.1) is 22.9 Å². The lowest BCUT2D eigenvalue weighted by atomic mass is 9.88. The van der Waals surface area contributed by atoms with Gasteiger partial charge in [-0.3, -0.25) is 0 Å². The van der Waals surface area contributed by atoms with Gasteiger partial charge in [0.05, 0.1) is 17.6 Å². The van der Waals surface area contributed by atoms with Gasteiger partial charge in [0, 0.05) is 23.9 Å². The zero-order valence-electron chi connectivity index (χ0n) is 19.4. The summed E-state index contributed by atoms with van der Waals surface area (Å²) in [5, 5.41) is 12.3. The molecule has 178 valence electrons. The van der Waals surface area contributed by atoms with E-state index >= 15 is 0 Å². The van der Waals surface area contributed by atoms with Crippen molar-refractivity contribution in [3.63, 3.8) is 0 Å². The normalized spacial score (nSPS) is 24.1. The number of alkyl halides is 1. The molecular formula is C26H38ClNO2S2. The third kappa shape index (κ3) is 7.73. The summed E-state index contributed by atoms with van der Waals surface area (Å²) in [6.07, 6.45) is 10.1. The Morgan fingerprint density at radius 1 is 1.22 bits per heavy atom. The number of rotatable bonds is 14. The average molecular weight is 496 g/mol. The third-order valence-corrected chi connectivity index (χ3v) is 9.16. The van der Waals surface area contributed by atoms with E-state index in [4.69, 9.17) is 16.3 Å². The molecule has 1 fully saturated rings. The predicted molar refractivity (Wildman–Crippen MR) is 138 cm³/mol. The highest BCUT2D eigenvalue weighted by Gasteiger charge is 2.42. The number of hydrogen-bond donors (Lipinski definition) is 1. The summed E-state index contributed by atoms with van der Waals surface area (Å²) in [6, 6.07) is 8.52. The Morgan fingerprint density at radius 2 is 2.03 bits per heavy atom. The second-order valence-electron chi connectivity index (χ2n) is 8.89. The number of unbranched alkanes of at least 4 members (excludes halogenated alkanes) is 1. The first-order valence-electron chi connectivity index (χ1n) is 12.2. The maximum atomic E-state index is 10.2. The van der Waals surface area contributed by atoms with E-state index in [1.165, 1.54) is 5.56 Å². The fourth-order valence-corrected chi connectivity index (χ4v) is 6.95. The van der Waals surface area contributed by atoms with E-state index in [-0.39, 0.29) is 17.6 Å². The summed E-state index contributed by atoms with van der Waals surface area (Å²) < 4.78 is 7.36. The number of aromatic nitrogens is 1. The van der Waals surface area contributed by atoms with E-state index in [0.29, 0.717) is 11.8 Å². The van der Waals surface area contributed by atoms with Crippen molar-refractivity contribution in [2.24, 2.45) is 11.8 Å². The molecule has 1 aromatic carbocycles. The summed E-state index contributed by atoms with van der Waals surface area (Å²) in [6.45, 7) is 5.12. The van der Waals surface area contributed by atoms with Crippen molar-refractivity contribution < 1.29 is 9.84 Å². The number of nitrogens with zero attached hydrogens (tertiary/aromatic N) is 1. The summed E-state index contributed by atoms with van der Waals surface area (Å²) in [4.78, 5) is 4.40. The van der Waals surface area contributed by atoms with Gasteiger partial charge in [-0.05, 0) is 61.5 Å². The largest absolute Gasteiger partial charge is 0.388 e. The average Bonchev–Trinajstić information content (AvgIpc) is 3.42. The first-order chi connectivity index (χ1) is 15.6. The summed E-state index contributed by atoms with van der Waals surface area (Å²) >= 11 is 10.6. The molecule has 1 heterocycles.